The Morgan fingerprint density at radius 2 is 1.55 bits per heavy atom. The summed E-state index contributed by atoms with van der Waals surface area (Å²) in [6, 6.07) is 28.2. The van der Waals surface area contributed by atoms with Gasteiger partial charge in [0, 0.05) is 42.9 Å². The number of fused-ring (bicyclic) bond motifs is 1. The van der Waals surface area contributed by atoms with Crippen LogP contribution in [0.5, 0.6) is 0 Å². The van der Waals surface area contributed by atoms with E-state index in [4.69, 9.17) is 0 Å². The molecule has 166 valence electrons. The second-order valence-electron chi connectivity index (χ2n) is 8.24. The molecule has 6 nitrogen and oxygen atoms in total. The lowest BCUT2D eigenvalue weighted by Gasteiger charge is -2.27. The predicted molar refractivity (Wildman–Crippen MR) is 131 cm³/mol. The fraction of sp³-hybridized carbons (Fsp3) is 0.185. The van der Waals surface area contributed by atoms with Crippen LogP contribution in [-0.4, -0.2) is 40.4 Å². The van der Waals surface area contributed by atoms with Gasteiger partial charge in [-0.05, 0) is 35.9 Å². The smallest absolute Gasteiger partial charge is 0.245 e. The Hall–Kier alpha value is -3.90. The minimum absolute atomic E-state index is 0.0619. The van der Waals surface area contributed by atoms with E-state index in [1.54, 1.807) is 6.33 Å². The van der Waals surface area contributed by atoms with E-state index >= 15 is 0 Å². The molecule has 5 rings (SSSR count). The summed E-state index contributed by atoms with van der Waals surface area (Å²) >= 11 is 0. The van der Waals surface area contributed by atoms with Crippen molar-refractivity contribution in [2.45, 2.75) is 13.1 Å². The van der Waals surface area contributed by atoms with E-state index in [9.17, 15) is 4.79 Å². The molecule has 0 unspecified atom stereocenters. The van der Waals surface area contributed by atoms with Gasteiger partial charge in [-0.25, -0.2) is 4.98 Å². The van der Waals surface area contributed by atoms with Gasteiger partial charge in [0.1, 0.15) is 0 Å². The predicted octanol–water partition coefficient (Wildman–Crippen LogP) is 4.60. The van der Waals surface area contributed by atoms with Crippen LogP contribution in [0.1, 0.15) is 11.3 Å². The molecule has 1 amide bonds. The molecular weight excluding hydrogens is 410 g/mol. The van der Waals surface area contributed by atoms with E-state index in [0.29, 0.717) is 6.54 Å². The molecule has 6 heteroatoms. The number of anilines is 3. The van der Waals surface area contributed by atoms with E-state index < -0.39 is 0 Å². The van der Waals surface area contributed by atoms with Crippen molar-refractivity contribution in [3.8, 4) is 0 Å². The van der Waals surface area contributed by atoms with Gasteiger partial charge in [-0.3, -0.25) is 14.6 Å². The number of carbonyl (C=O) groups excluding carboxylic acids is 1. The van der Waals surface area contributed by atoms with Gasteiger partial charge in [-0.2, -0.15) is 0 Å². The summed E-state index contributed by atoms with van der Waals surface area (Å²) in [6.07, 6.45) is 3.58. The summed E-state index contributed by atoms with van der Waals surface area (Å²) in [5.74, 6) is 0.0619. The molecule has 1 aliphatic heterocycles. The largest absolute Gasteiger partial charge is 0.364 e. The number of amides is 1. The maximum atomic E-state index is 13.6. The van der Waals surface area contributed by atoms with E-state index in [2.05, 4.69) is 44.0 Å². The number of rotatable bonds is 6. The van der Waals surface area contributed by atoms with Crippen LogP contribution < -0.4 is 9.80 Å². The molecule has 3 aromatic carbocycles. The molecule has 0 radical (unpaired) electrons. The molecule has 0 spiro atoms. The molecule has 0 aliphatic carbocycles. The van der Waals surface area contributed by atoms with Crippen LogP contribution in [0.15, 0.2) is 97.5 Å². The van der Waals surface area contributed by atoms with E-state index in [1.807, 2.05) is 71.8 Å². The fourth-order valence-corrected chi connectivity index (χ4v) is 4.38. The highest BCUT2D eigenvalue weighted by Crippen LogP contribution is 2.28. The first kappa shape index (κ1) is 21.0. The van der Waals surface area contributed by atoms with Crippen molar-refractivity contribution in [3.63, 3.8) is 0 Å². The number of imidazole rings is 1. The lowest BCUT2D eigenvalue weighted by Crippen LogP contribution is -2.39. The van der Waals surface area contributed by atoms with Crippen molar-refractivity contribution in [3.05, 3.63) is 109 Å². The lowest BCUT2D eigenvalue weighted by atomic mass is 10.1. The minimum Gasteiger partial charge on any atom is -0.364 e. The molecule has 0 saturated carbocycles. The van der Waals surface area contributed by atoms with E-state index in [1.165, 1.54) is 11.3 Å². The molecular formula is C27H27N5O. The first-order valence-corrected chi connectivity index (χ1v) is 11.2. The molecule has 0 bridgehead atoms. The van der Waals surface area contributed by atoms with Crippen molar-refractivity contribution in [1.82, 2.24) is 14.9 Å². The topological polar surface area (TPSA) is 55.5 Å². The third-order valence-corrected chi connectivity index (χ3v) is 5.97. The molecule has 1 aliphatic rings. The molecule has 0 atom stereocenters. The molecule has 4 aromatic rings. The Kier molecular flexibility index (Phi) is 6.17. The number of aromatic amines is 1. The van der Waals surface area contributed by atoms with Crippen molar-refractivity contribution in [1.29, 1.82) is 0 Å². The SMILES string of the molecule is O=C(CN1CCN(Cc2cnc[nH]2)c2ccccc2C1)N(c1ccccc1)c1ccccc1. The summed E-state index contributed by atoms with van der Waals surface area (Å²) < 4.78 is 0. The van der Waals surface area contributed by atoms with E-state index in [-0.39, 0.29) is 5.91 Å². The number of carbonyl (C=O) groups is 1. The number of nitrogens with zero attached hydrogens (tertiary/aromatic N) is 4. The highest BCUT2D eigenvalue weighted by molar-refractivity contribution is 6.01. The number of nitrogens with one attached hydrogen (secondary N) is 1. The number of aromatic nitrogens is 2. The summed E-state index contributed by atoms with van der Waals surface area (Å²) in [4.78, 5) is 27.4. The van der Waals surface area contributed by atoms with Gasteiger partial charge in [0.2, 0.25) is 5.91 Å². The van der Waals surface area contributed by atoms with Crippen LogP contribution in [0.25, 0.3) is 0 Å². The van der Waals surface area contributed by atoms with Crippen molar-refractivity contribution in [2.24, 2.45) is 0 Å². The maximum Gasteiger partial charge on any atom is 0.245 e. The average Bonchev–Trinajstić information content (AvgIpc) is 3.30. The monoisotopic (exact) mass is 437 g/mol. The Labute approximate surface area is 194 Å². The average molecular weight is 438 g/mol. The van der Waals surface area contributed by atoms with Crippen LogP contribution in [0.4, 0.5) is 17.1 Å². The van der Waals surface area contributed by atoms with Crippen molar-refractivity contribution in [2.75, 3.05) is 29.4 Å². The standard InChI is InChI=1S/C27H27N5O/c33-27(32(24-10-3-1-4-11-24)25-12-5-2-6-13-25)20-30-15-16-31(19-23-17-28-21-29-23)26-14-8-7-9-22(26)18-30/h1-14,17,21H,15-16,18-20H2,(H,28,29). The second-order valence-corrected chi connectivity index (χ2v) is 8.24. The normalized spacial score (nSPS) is 13.9. The van der Waals surface area contributed by atoms with Gasteiger partial charge in [0.25, 0.3) is 0 Å². The van der Waals surface area contributed by atoms with Crippen molar-refractivity contribution >= 4 is 23.0 Å². The number of benzene rings is 3. The summed E-state index contributed by atoms with van der Waals surface area (Å²) in [5, 5.41) is 0. The Morgan fingerprint density at radius 1 is 0.879 bits per heavy atom. The van der Waals surface area contributed by atoms with Crippen molar-refractivity contribution < 1.29 is 4.79 Å². The zero-order chi connectivity index (χ0) is 22.5. The fourth-order valence-electron chi connectivity index (χ4n) is 4.38. The molecule has 1 aromatic heterocycles. The van der Waals surface area contributed by atoms with Gasteiger partial charge in [0.15, 0.2) is 0 Å². The lowest BCUT2D eigenvalue weighted by molar-refractivity contribution is -0.119. The van der Waals surface area contributed by atoms with Crippen LogP contribution in [0, 0.1) is 0 Å². The molecule has 1 N–H and O–H groups in total. The minimum atomic E-state index is 0.0619. The van der Waals surface area contributed by atoms with Gasteiger partial charge >= 0.3 is 0 Å². The first-order valence-electron chi connectivity index (χ1n) is 11.2. The first-order chi connectivity index (χ1) is 16.3. The Balaban J connectivity index is 1.38. The van der Waals surface area contributed by atoms with Gasteiger partial charge in [0.05, 0.1) is 25.1 Å². The van der Waals surface area contributed by atoms with Crippen LogP contribution in [-0.2, 0) is 17.9 Å². The van der Waals surface area contributed by atoms with Gasteiger partial charge in [-0.1, -0.05) is 54.6 Å². The van der Waals surface area contributed by atoms with E-state index in [0.717, 1.165) is 43.2 Å². The molecule has 33 heavy (non-hydrogen) atoms. The molecule has 2 heterocycles. The van der Waals surface area contributed by atoms with Crippen LogP contribution in [0.3, 0.4) is 0 Å². The zero-order valence-corrected chi connectivity index (χ0v) is 18.5. The summed E-state index contributed by atoms with van der Waals surface area (Å²) in [5.41, 5.74) is 5.28. The zero-order valence-electron chi connectivity index (χ0n) is 18.5. The number of H-pyrrole nitrogens is 1. The molecule has 0 saturated heterocycles. The van der Waals surface area contributed by atoms with Gasteiger partial charge in [-0.15, -0.1) is 0 Å². The number of hydrogen-bond acceptors (Lipinski definition) is 4. The van der Waals surface area contributed by atoms with Crippen LogP contribution >= 0.6 is 0 Å². The third kappa shape index (κ3) is 4.81. The highest BCUT2D eigenvalue weighted by atomic mass is 16.2. The third-order valence-electron chi connectivity index (χ3n) is 5.97. The Morgan fingerprint density at radius 3 is 2.21 bits per heavy atom. The quantitative estimate of drug-likeness (QED) is 0.479. The second kappa shape index (κ2) is 9.71. The van der Waals surface area contributed by atoms with Gasteiger partial charge < -0.3 is 9.88 Å². The van der Waals surface area contributed by atoms with Crippen LogP contribution in [0.2, 0.25) is 0 Å². The highest BCUT2D eigenvalue weighted by Gasteiger charge is 2.25. The molecule has 0 fully saturated rings. The maximum absolute atomic E-state index is 13.6. The summed E-state index contributed by atoms with van der Waals surface area (Å²) in [7, 11) is 0. The summed E-state index contributed by atoms with van der Waals surface area (Å²) in [6.45, 7) is 3.47. The number of para-hydroxylation sites is 3. The number of hydrogen-bond donors (Lipinski definition) is 1. The Bertz CT molecular complexity index is 1140.